The molecule has 0 saturated carbocycles. The van der Waals surface area contributed by atoms with Crippen molar-refractivity contribution < 1.29 is 14.3 Å². The molecular weight excluding hydrogens is 302 g/mol. The van der Waals surface area contributed by atoms with Gasteiger partial charge in [-0.05, 0) is 47.0 Å². The zero-order valence-electron chi connectivity index (χ0n) is 16.6. The fourth-order valence-electron chi connectivity index (χ4n) is 2.97. The lowest BCUT2D eigenvalue weighted by molar-refractivity contribution is -0.132. The summed E-state index contributed by atoms with van der Waals surface area (Å²) < 4.78 is 6.04. The van der Waals surface area contributed by atoms with Gasteiger partial charge in [-0.1, -0.05) is 27.4 Å². The molecule has 0 aromatic carbocycles. The Balaban J connectivity index is 2.48. The monoisotopic (exact) mass is 337 g/mol. The van der Waals surface area contributed by atoms with E-state index in [0.717, 1.165) is 18.5 Å². The van der Waals surface area contributed by atoms with Gasteiger partial charge in [0, 0.05) is 36.1 Å². The van der Waals surface area contributed by atoms with Gasteiger partial charge in [-0.3, -0.25) is 9.59 Å². The van der Waals surface area contributed by atoms with Crippen molar-refractivity contribution in [2.24, 2.45) is 5.41 Å². The van der Waals surface area contributed by atoms with Crippen LogP contribution in [0.4, 0.5) is 0 Å². The van der Waals surface area contributed by atoms with Gasteiger partial charge in [0.2, 0.25) is 5.91 Å². The van der Waals surface area contributed by atoms with E-state index in [-0.39, 0.29) is 28.2 Å². The van der Waals surface area contributed by atoms with Gasteiger partial charge in [0.1, 0.15) is 5.78 Å². The van der Waals surface area contributed by atoms with Crippen LogP contribution in [0.5, 0.6) is 0 Å². The Morgan fingerprint density at radius 1 is 1.08 bits per heavy atom. The number of allylic oxidation sites excluding steroid dienone is 1. The number of nitrogens with zero attached hydrogens (tertiary/aromatic N) is 1. The summed E-state index contributed by atoms with van der Waals surface area (Å²) in [5, 5.41) is 0. The molecule has 1 aliphatic heterocycles. The molecule has 4 heteroatoms. The van der Waals surface area contributed by atoms with E-state index in [0.29, 0.717) is 25.9 Å². The summed E-state index contributed by atoms with van der Waals surface area (Å²) in [6.45, 7) is 18.6. The van der Waals surface area contributed by atoms with Crippen LogP contribution in [-0.2, 0) is 14.3 Å². The molecule has 0 spiro atoms. The van der Waals surface area contributed by atoms with Crippen molar-refractivity contribution in [1.82, 2.24) is 4.90 Å². The summed E-state index contributed by atoms with van der Waals surface area (Å²) in [4.78, 5) is 26.0. The predicted octanol–water partition coefficient (Wildman–Crippen LogP) is 4.48. The number of hydrogen-bond donors (Lipinski definition) is 0. The Morgan fingerprint density at radius 2 is 1.67 bits per heavy atom. The van der Waals surface area contributed by atoms with Crippen LogP contribution < -0.4 is 0 Å². The van der Waals surface area contributed by atoms with E-state index < -0.39 is 0 Å². The van der Waals surface area contributed by atoms with Gasteiger partial charge in [0.15, 0.2) is 0 Å². The summed E-state index contributed by atoms with van der Waals surface area (Å²) in [5.41, 5.74) is -0.0282. The highest BCUT2D eigenvalue weighted by atomic mass is 16.5. The molecule has 1 heterocycles. The molecule has 1 fully saturated rings. The van der Waals surface area contributed by atoms with Crippen LogP contribution in [0, 0.1) is 5.41 Å². The van der Waals surface area contributed by atoms with Crippen molar-refractivity contribution in [3.05, 3.63) is 12.3 Å². The summed E-state index contributed by atoms with van der Waals surface area (Å²) in [7, 11) is 0. The SMILES string of the molecule is C=C1CCC(=O)N1C(C)(C)CCOC(C)(C)CCC(=O)C(C)(C)C. The van der Waals surface area contributed by atoms with Gasteiger partial charge in [-0.15, -0.1) is 0 Å². The fraction of sp³-hybridized carbons (Fsp3) is 0.800. The maximum absolute atomic E-state index is 12.1. The summed E-state index contributed by atoms with van der Waals surface area (Å²) in [6, 6.07) is 0. The maximum atomic E-state index is 12.1. The van der Waals surface area contributed by atoms with E-state index in [1.165, 1.54) is 0 Å². The van der Waals surface area contributed by atoms with E-state index in [4.69, 9.17) is 4.74 Å². The lowest BCUT2D eigenvalue weighted by Crippen LogP contribution is -2.44. The first-order valence-electron chi connectivity index (χ1n) is 8.94. The summed E-state index contributed by atoms with van der Waals surface area (Å²) in [5.74, 6) is 0.415. The quantitative estimate of drug-likeness (QED) is 0.656. The van der Waals surface area contributed by atoms with Crippen molar-refractivity contribution in [3.8, 4) is 0 Å². The number of Topliss-reactive ketones (excluding diaryl/α,β-unsaturated/α-hetero) is 1. The van der Waals surface area contributed by atoms with E-state index >= 15 is 0 Å². The van der Waals surface area contributed by atoms with Crippen LogP contribution in [0.1, 0.15) is 80.6 Å². The number of rotatable bonds is 8. The third-order valence-electron chi connectivity index (χ3n) is 4.80. The third kappa shape index (κ3) is 5.73. The van der Waals surface area contributed by atoms with Gasteiger partial charge < -0.3 is 9.64 Å². The molecule has 0 aromatic heterocycles. The minimum Gasteiger partial charge on any atom is -0.375 e. The number of hydrogen-bond acceptors (Lipinski definition) is 3. The first-order valence-corrected chi connectivity index (χ1v) is 8.94. The third-order valence-corrected chi connectivity index (χ3v) is 4.80. The molecule has 1 rings (SSSR count). The molecule has 4 nitrogen and oxygen atoms in total. The highest BCUT2D eigenvalue weighted by molar-refractivity contribution is 5.83. The molecule has 0 unspecified atom stereocenters. The molecule has 0 aromatic rings. The van der Waals surface area contributed by atoms with Gasteiger partial charge in [0.25, 0.3) is 0 Å². The zero-order valence-corrected chi connectivity index (χ0v) is 16.6. The molecule has 0 N–H and O–H groups in total. The van der Waals surface area contributed by atoms with Crippen molar-refractivity contribution >= 4 is 11.7 Å². The standard InChI is InChI=1S/C20H35NO3/c1-15-9-10-17(23)21(15)19(5,6)13-14-24-20(7,8)12-11-16(22)18(2,3)4/h1,9-14H2,2-8H3. The lowest BCUT2D eigenvalue weighted by atomic mass is 9.86. The second-order valence-corrected chi connectivity index (χ2v) is 9.14. The molecule has 1 saturated heterocycles. The predicted molar refractivity (Wildman–Crippen MR) is 97.6 cm³/mol. The van der Waals surface area contributed by atoms with Gasteiger partial charge >= 0.3 is 0 Å². The Bertz CT molecular complexity index is 482. The molecule has 1 amide bonds. The van der Waals surface area contributed by atoms with Crippen molar-refractivity contribution in [1.29, 1.82) is 0 Å². The minimum atomic E-state index is -0.344. The topological polar surface area (TPSA) is 46.6 Å². The summed E-state index contributed by atoms with van der Waals surface area (Å²) >= 11 is 0. The highest BCUT2D eigenvalue weighted by Gasteiger charge is 2.36. The Kier molecular flexibility index (Phi) is 6.43. The first kappa shape index (κ1) is 20.9. The molecule has 0 radical (unpaired) electrons. The van der Waals surface area contributed by atoms with E-state index in [1.807, 2.05) is 39.5 Å². The molecule has 0 atom stereocenters. The highest BCUT2D eigenvalue weighted by Crippen LogP contribution is 2.32. The zero-order chi connectivity index (χ0) is 18.8. The minimum absolute atomic E-state index is 0.153. The second-order valence-electron chi connectivity index (χ2n) is 9.14. The number of likely N-dealkylation sites (tertiary alicyclic amines) is 1. The molecular formula is C20H35NO3. The molecule has 0 aliphatic carbocycles. The van der Waals surface area contributed by atoms with E-state index in [9.17, 15) is 9.59 Å². The van der Waals surface area contributed by atoms with Crippen LogP contribution in [-0.4, -0.2) is 34.3 Å². The smallest absolute Gasteiger partial charge is 0.227 e. The maximum Gasteiger partial charge on any atom is 0.227 e. The van der Waals surface area contributed by atoms with Gasteiger partial charge in [0.05, 0.1) is 5.60 Å². The molecule has 138 valence electrons. The Labute approximate surface area is 147 Å². The largest absolute Gasteiger partial charge is 0.375 e. The number of ether oxygens (including phenoxy) is 1. The molecule has 0 bridgehead atoms. The van der Waals surface area contributed by atoms with Crippen LogP contribution in [0.2, 0.25) is 0 Å². The average molecular weight is 338 g/mol. The first-order chi connectivity index (χ1) is 10.8. The van der Waals surface area contributed by atoms with Crippen molar-refractivity contribution in [2.45, 2.75) is 91.7 Å². The van der Waals surface area contributed by atoms with Crippen LogP contribution in [0.15, 0.2) is 12.3 Å². The Morgan fingerprint density at radius 3 is 2.12 bits per heavy atom. The van der Waals surface area contributed by atoms with Gasteiger partial charge in [-0.2, -0.15) is 0 Å². The number of ketones is 1. The lowest BCUT2D eigenvalue weighted by Gasteiger charge is -2.37. The van der Waals surface area contributed by atoms with E-state index in [1.54, 1.807) is 0 Å². The van der Waals surface area contributed by atoms with Crippen LogP contribution >= 0.6 is 0 Å². The second kappa shape index (κ2) is 7.38. The molecule has 24 heavy (non-hydrogen) atoms. The average Bonchev–Trinajstić information content (AvgIpc) is 2.74. The summed E-state index contributed by atoms with van der Waals surface area (Å²) in [6.07, 6.45) is 3.29. The Hall–Kier alpha value is -1.16. The van der Waals surface area contributed by atoms with E-state index in [2.05, 4.69) is 20.4 Å². The molecule has 1 aliphatic rings. The number of carbonyl (C=O) groups excluding carboxylic acids is 2. The number of carbonyl (C=O) groups is 2. The van der Waals surface area contributed by atoms with Crippen LogP contribution in [0.25, 0.3) is 0 Å². The van der Waals surface area contributed by atoms with Crippen molar-refractivity contribution in [2.75, 3.05) is 6.61 Å². The van der Waals surface area contributed by atoms with Crippen LogP contribution in [0.3, 0.4) is 0 Å². The number of amides is 1. The normalized spacial score (nSPS) is 16.9. The van der Waals surface area contributed by atoms with Crippen molar-refractivity contribution in [3.63, 3.8) is 0 Å². The van der Waals surface area contributed by atoms with Gasteiger partial charge in [-0.25, -0.2) is 0 Å². The fourth-order valence-corrected chi connectivity index (χ4v) is 2.97.